The van der Waals surface area contributed by atoms with Crippen molar-refractivity contribution >= 4 is 16.7 Å². The van der Waals surface area contributed by atoms with Gasteiger partial charge in [0.05, 0.1) is 7.11 Å². The molecule has 0 bridgehead atoms. The highest BCUT2D eigenvalue weighted by molar-refractivity contribution is 5.98. The molecule has 0 radical (unpaired) electrons. The second-order valence-corrected chi connectivity index (χ2v) is 9.06. The number of benzene rings is 2. The summed E-state index contributed by atoms with van der Waals surface area (Å²) in [7, 11) is 5.67. The van der Waals surface area contributed by atoms with Crippen molar-refractivity contribution in [2.75, 3.05) is 39.2 Å². The van der Waals surface area contributed by atoms with Crippen LogP contribution in [0.4, 0.5) is 14.6 Å². The van der Waals surface area contributed by atoms with Crippen LogP contribution in [0.3, 0.4) is 0 Å². The normalized spacial score (nSPS) is 15.8. The Morgan fingerprint density at radius 2 is 1.94 bits per heavy atom. The monoisotopic (exact) mass is 475 g/mol. The highest BCUT2D eigenvalue weighted by atomic mass is 19.1. The molecular weight excluding hydrogens is 448 g/mol. The second kappa shape index (κ2) is 9.54. The average molecular weight is 476 g/mol. The number of halogens is 2. The predicted molar refractivity (Wildman–Crippen MR) is 134 cm³/mol. The van der Waals surface area contributed by atoms with Gasteiger partial charge in [0, 0.05) is 48.0 Å². The van der Waals surface area contributed by atoms with Crippen LogP contribution in [-0.4, -0.2) is 60.2 Å². The Labute approximate surface area is 203 Å². The van der Waals surface area contributed by atoms with Gasteiger partial charge >= 0.3 is 0 Å². The zero-order valence-electron chi connectivity index (χ0n) is 20.0. The van der Waals surface area contributed by atoms with E-state index >= 15 is 0 Å². The molecular formula is C27H27F2N5O. The van der Waals surface area contributed by atoms with Crippen LogP contribution in [0, 0.1) is 11.6 Å². The van der Waals surface area contributed by atoms with E-state index in [-0.39, 0.29) is 11.6 Å². The Hall–Kier alpha value is -3.65. The minimum absolute atomic E-state index is 0.166. The molecule has 6 nitrogen and oxygen atoms in total. The number of hydrogen-bond acceptors (Lipinski definition) is 6. The van der Waals surface area contributed by atoms with Gasteiger partial charge in [-0.25, -0.2) is 18.7 Å². The number of pyridine rings is 1. The Balaban J connectivity index is 1.78. The predicted octanol–water partition coefficient (Wildman–Crippen LogP) is 5.18. The van der Waals surface area contributed by atoms with Crippen molar-refractivity contribution in [3.05, 3.63) is 66.5 Å². The Bertz CT molecular complexity index is 1360. The third-order valence-electron chi connectivity index (χ3n) is 6.35. The van der Waals surface area contributed by atoms with Crippen LogP contribution in [0.25, 0.3) is 33.4 Å². The van der Waals surface area contributed by atoms with E-state index in [0.29, 0.717) is 22.7 Å². The molecule has 1 atom stereocenters. The van der Waals surface area contributed by atoms with Crippen molar-refractivity contribution in [3.63, 3.8) is 0 Å². The minimum Gasteiger partial charge on any atom is -0.494 e. The van der Waals surface area contributed by atoms with Crippen LogP contribution < -0.4 is 9.64 Å². The van der Waals surface area contributed by atoms with Gasteiger partial charge in [0.25, 0.3) is 0 Å². The molecule has 8 heteroatoms. The summed E-state index contributed by atoms with van der Waals surface area (Å²) >= 11 is 0. The fraction of sp³-hybridized carbons (Fsp3) is 0.296. The first kappa shape index (κ1) is 23.1. The summed E-state index contributed by atoms with van der Waals surface area (Å²) in [6, 6.07) is 11.0. The average Bonchev–Trinajstić information content (AvgIpc) is 3.31. The molecule has 0 aliphatic carbocycles. The molecule has 1 fully saturated rings. The molecule has 180 valence electrons. The van der Waals surface area contributed by atoms with Crippen LogP contribution in [0.1, 0.15) is 12.8 Å². The maximum absolute atomic E-state index is 14.7. The van der Waals surface area contributed by atoms with Crippen LogP contribution in [0.15, 0.2) is 54.9 Å². The maximum atomic E-state index is 14.7. The number of aromatic nitrogens is 3. The van der Waals surface area contributed by atoms with Crippen molar-refractivity contribution in [3.8, 4) is 28.3 Å². The van der Waals surface area contributed by atoms with E-state index in [9.17, 15) is 8.78 Å². The van der Waals surface area contributed by atoms with Gasteiger partial charge in [0.1, 0.15) is 28.7 Å². The first-order chi connectivity index (χ1) is 16.9. The summed E-state index contributed by atoms with van der Waals surface area (Å²) in [5.74, 6) is 0.760. The Kier molecular flexibility index (Phi) is 6.30. The standard InChI is InChI=1S/C27H27F2N5O/c1-33(2)16-20-7-5-11-34(20)27-22-12-18(21-14-19(28)8-9-23(21)29)13-24(35-3)25(22)31-26(32-27)17-6-4-10-30-15-17/h4,6,8-10,12-15,20H,5,7,11,16H2,1-3H3. The van der Waals surface area contributed by atoms with Crippen LogP contribution in [0.2, 0.25) is 0 Å². The summed E-state index contributed by atoms with van der Waals surface area (Å²) in [5.41, 5.74) is 2.08. The summed E-state index contributed by atoms with van der Waals surface area (Å²) in [5, 5.41) is 0.737. The van der Waals surface area contributed by atoms with E-state index < -0.39 is 11.6 Å². The molecule has 1 unspecified atom stereocenters. The number of nitrogens with zero attached hydrogens (tertiary/aromatic N) is 5. The topological polar surface area (TPSA) is 54.4 Å². The van der Waals surface area contributed by atoms with Gasteiger partial charge in [-0.2, -0.15) is 0 Å². The highest BCUT2D eigenvalue weighted by Gasteiger charge is 2.29. The molecule has 1 saturated heterocycles. The van der Waals surface area contributed by atoms with Gasteiger partial charge in [-0.05, 0) is 75.0 Å². The largest absolute Gasteiger partial charge is 0.494 e. The fourth-order valence-corrected chi connectivity index (χ4v) is 4.78. The highest BCUT2D eigenvalue weighted by Crippen LogP contribution is 2.39. The van der Waals surface area contributed by atoms with Crippen LogP contribution >= 0.6 is 0 Å². The van der Waals surface area contributed by atoms with Crippen molar-refractivity contribution in [1.82, 2.24) is 19.9 Å². The van der Waals surface area contributed by atoms with Gasteiger partial charge < -0.3 is 14.5 Å². The molecule has 1 aliphatic heterocycles. The molecule has 0 amide bonds. The van der Waals surface area contributed by atoms with E-state index in [1.807, 2.05) is 18.2 Å². The van der Waals surface area contributed by atoms with E-state index in [0.717, 1.165) is 54.8 Å². The van der Waals surface area contributed by atoms with Crippen LogP contribution in [0.5, 0.6) is 5.75 Å². The van der Waals surface area contributed by atoms with E-state index in [1.165, 1.54) is 6.07 Å². The van der Waals surface area contributed by atoms with Gasteiger partial charge in [0.15, 0.2) is 5.82 Å². The summed E-state index contributed by atoms with van der Waals surface area (Å²) in [6.45, 7) is 1.72. The third kappa shape index (κ3) is 4.53. The zero-order valence-corrected chi connectivity index (χ0v) is 20.0. The molecule has 3 heterocycles. The van der Waals surface area contributed by atoms with Crippen molar-refractivity contribution < 1.29 is 13.5 Å². The fourth-order valence-electron chi connectivity index (χ4n) is 4.78. The molecule has 1 aliphatic rings. The van der Waals surface area contributed by atoms with Crippen molar-refractivity contribution in [1.29, 1.82) is 0 Å². The molecule has 2 aromatic carbocycles. The van der Waals surface area contributed by atoms with Crippen LogP contribution in [-0.2, 0) is 0 Å². The number of ether oxygens (including phenoxy) is 1. The molecule has 0 N–H and O–H groups in total. The Morgan fingerprint density at radius 3 is 2.69 bits per heavy atom. The van der Waals surface area contributed by atoms with Gasteiger partial charge in [-0.1, -0.05) is 0 Å². The number of methoxy groups -OCH3 is 1. The quantitative estimate of drug-likeness (QED) is 0.383. The van der Waals surface area contributed by atoms with E-state index in [2.05, 4.69) is 28.9 Å². The van der Waals surface area contributed by atoms with E-state index in [1.54, 1.807) is 25.6 Å². The SMILES string of the molecule is COc1cc(-c2cc(F)ccc2F)cc2c(N3CCCC3CN(C)C)nc(-c3cccnc3)nc12. The summed E-state index contributed by atoms with van der Waals surface area (Å²) in [4.78, 5) is 18.5. The Morgan fingerprint density at radius 1 is 1.09 bits per heavy atom. The first-order valence-electron chi connectivity index (χ1n) is 11.6. The maximum Gasteiger partial charge on any atom is 0.163 e. The number of anilines is 1. The van der Waals surface area contributed by atoms with E-state index in [4.69, 9.17) is 14.7 Å². The summed E-state index contributed by atoms with van der Waals surface area (Å²) < 4.78 is 34.5. The lowest BCUT2D eigenvalue weighted by molar-refractivity contribution is 0.371. The molecule has 5 rings (SSSR count). The smallest absolute Gasteiger partial charge is 0.163 e. The van der Waals surface area contributed by atoms with Crippen molar-refractivity contribution in [2.24, 2.45) is 0 Å². The third-order valence-corrected chi connectivity index (χ3v) is 6.35. The van der Waals surface area contributed by atoms with Gasteiger partial charge in [-0.15, -0.1) is 0 Å². The summed E-state index contributed by atoms with van der Waals surface area (Å²) in [6.07, 6.45) is 5.53. The van der Waals surface area contributed by atoms with Crippen molar-refractivity contribution in [2.45, 2.75) is 18.9 Å². The van der Waals surface area contributed by atoms with Gasteiger partial charge in [-0.3, -0.25) is 4.98 Å². The molecule has 0 saturated carbocycles. The lowest BCUT2D eigenvalue weighted by atomic mass is 10.0. The number of fused-ring (bicyclic) bond motifs is 1. The lowest BCUT2D eigenvalue weighted by Gasteiger charge is -2.29. The second-order valence-electron chi connectivity index (χ2n) is 9.06. The lowest BCUT2D eigenvalue weighted by Crippen LogP contribution is -2.38. The molecule has 35 heavy (non-hydrogen) atoms. The molecule has 4 aromatic rings. The molecule has 0 spiro atoms. The zero-order chi connectivity index (χ0) is 24.5. The molecule has 2 aromatic heterocycles. The number of rotatable bonds is 6. The first-order valence-corrected chi connectivity index (χ1v) is 11.6. The number of likely N-dealkylation sites (N-methyl/N-ethyl adjacent to an activating group) is 1. The minimum atomic E-state index is -0.506. The number of hydrogen-bond donors (Lipinski definition) is 0. The van der Waals surface area contributed by atoms with Gasteiger partial charge in [0.2, 0.25) is 0 Å².